The number of Topliss-reactive ketones (excluding diaryl/α,β-unsaturated/α-hetero) is 1. The minimum atomic E-state index is -1.12. The number of nitrogens with zero attached hydrogens (tertiary/aromatic N) is 4. The van der Waals surface area contributed by atoms with Gasteiger partial charge in [0.15, 0.2) is 5.82 Å². The van der Waals surface area contributed by atoms with Gasteiger partial charge < -0.3 is 25.0 Å². The minimum absolute atomic E-state index is 0.156. The molecule has 4 atom stereocenters. The number of hydrogen-bond acceptors (Lipinski definition) is 11. The average Bonchev–Trinajstić information content (AvgIpc) is 3.50. The van der Waals surface area contributed by atoms with E-state index in [1.54, 1.807) is 26.5 Å². The quantitative estimate of drug-likeness (QED) is 0.255. The summed E-state index contributed by atoms with van der Waals surface area (Å²) in [5.74, 6) is 0.811. The molecule has 0 bridgehead atoms. The van der Waals surface area contributed by atoms with E-state index in [0.717, 1.165) is 20.8 Å². The summed E-state index contributed by atoms with van der Waals surface area (Å²) in [5, 5.41) is 24.9. The number of ketones is 1. The third-order valence-corrected chi connectivity index (χ3v) is 8.13. The van der Waals surface area contributed by atoms with E-state index in [9.17, 15) is 15.0 Å². The Balaban J connectivity index is 1.50. The number of aliphatic imine (C=N–C) groups is 1. The van der Waals surface area contributed by atoms with Gasteiger partial charge in [0.2, 0.25) is 5.95 Å². The summed E-state index contributed by atoms with van der Waals surface area (Å²) in [6, 6.07) is 13.5. The van der Waals surface area contributed by atoms with Crippen molar-refractivity contribution in [3.8, 4) is 22.1 Å². The smallest absolute Gasteiger partial charge is 0.225 e. The molecule has 2 aromatic heterocycles. The van der Waals surface area contributed by atoms with Crippen LogP contribution in [-0.2, 0) is 11.3 Å². The molecule has 4 unspecified atom stereocenters. The van der Waals surface area contributed by atoms with Crippen LogP contribution < -0.4 is 14.8 Å². The standard InChI is InChI=1S/C29H31N5O5S/c1-15-24(28-33-22-7-5-6-8-23(22)40-28)27(30-14-18-11-21(16(2)35)26(37)25(18)36)34-29(32-15)31-13-17-9-19(38-3)12-20(10-17)39-4/h5-10,12,14,18,21,25-26,36-37H,11,13H2,1-4H3,(H,31,32,34). The topological polar surface area (TPSA) is 139 Å². The molecule has 0 spiro atoms. The molecule has 208 valence electrons. The van der Waals surface area contributed by atoms with Crippen LogP contribution in [0.1, 0.15) is 24.6 Å². The molecule has 1 saturated carbocycles. The zero-order valence-electron chi connectivity index (χ0n) is 22.7. The third-order valence-electron chi connectivity index (χ3n) is 7.08. The lowest BCUT2D eigenvalue weighted by atomic mass is 10.0. The minimum Gasteiger partial charge on any atom is -0.497 e. The van der Waals surface area contributed by atoms with Gasteiger partial charge in [-0.1, -0.05) is 12.1 Å². The van der Waals surface area contributed by atoms with E-state index in [4.69, 9.17) is 24.4 Å². The van der Waals surface area contributed by atoms with Crippen molar-refractivity contribution in [3.05, 3.63) is 53.7 Å². The van der Waals surface area contributed by atoms with Gasteiger partial charge in [-0.25, -0.2) is 15.0 Å². The van der Waals surface area contributed by atoms with Gasteiger partial charge >= 0.3 is 0 Å². The first kappa shape index (κ1) is 27.6. The molecule has 2 heterocycles. The van der Waals surface area contributed by atoms with Crippen molar-refractivity contribution in [2.45, 2.75) is 39.0 Å². The number of thiazole rings is 1. The molecule has 1 fully saturated rings. The Kier molecular flexibility index (Phi) is 8.06. The van der Waals surface area contributed by atoms with Gasteiger partial charge in [0.25, 0.3) is 0 Å². The number of carbonyl (C=O) groups is 1. The molecule has 11 heteroatoms. The van der Waals surface area contributed by atoms with Gasteiger partial charge in [-0.3, -0.25) is 4.79 Å². The lowest BCUT2D eigenvalue weighted by molar-refractivity contribution is -0.124. The van der Waals surface area contributed by atoms with Crippen molar-refractivity contribution in [3.63, 3.8) is 0 Å². The molecule has 0 amide bonds. The van der Waals surface area contributed by atoms with Crippen LogP contribution in [0, 0.1) is 18.8 Å². The normalized spacial score (nSPS) is 20.8. The summed E-state index contributed by atoms with van der Waals surface area (Å²) in [4.78, 5) is 30.8. The number of fused-ring (bicyclic) bond motifs is 1. The maximum absolute atomic E-state index is 11.9. The van der Waals surface area contributed by atoms with Crippen molar-refractivity contribution in [1.82, 2.24) is 15.0 Å². The second-order valence-corrected chi connectivity index (χ2v) is 10.8. The molecular formula is C29H31N5O5S. The number of hydrogen-bond donors (Lipinski definition) is 3. The van der Waals surface area contributed by atoms with Gasteiger partial charge in [-0.2, -0.15) is 4.98 Å². The Morgan fingerprint density at radius 1 is 1.10 bits per heavy atom. The first-order chi connectivity index (χ1) is 19.3. The number of aliphatic hydroxyl groups is 2. The molecule has 0 aliphatic heterocycles. The van der Waals surface area contributed by atoms with E-state index in [2.05, 4.69) is 10.3 Å². The molecular weight excluding hydrogens is 530 g/mol. The number of rotatable bonds is 9. The van der Waals surface area contributed by atoms with Crippen LogP contribution in [0.3, 0.4) is 0 Å². The van der Waals surface area contributed by atoms with Crippen molar-refractivity contribution >= 4 is 45.3 Å². The first-order valence-electron chi connectivity index (χ1n) is 12.9. The predicted octanol–water partition coefficient (Wildman–Crippen LogP) is 4.34. The molecule has 0 saturated heterocycles. The molecule has 1 aliphatic carbocycles. The fraction of sp³-hybridized carbons (Fsp3) is 0.345. The highest BCUT2D eigenvalue weighted by Crippen LogP contribution is 2.38. The number of benzene rings is 2. The number of nitrogens with one attached hydrogen (secondary N) is 1. The van der Waals surface area contributed by atoms with Crippen molar-refractivity contribution < 1.29 is 24.5 Å². The predicted molar refractivity (Wildman–Crippen MR) is 155 cm³/mol. The molecule has 0 radical (unpaired) electrons. The van der Waals surface area contributed by atoms with Gasteiger partial charge in [0, 0.05) is 30.7 Å². The molecule has 10 nitrogen and oxygen atoms in total. The maximum Gasteiger partial charge on any atom is 0.225 e. The fourth-order valence-corrected chi connectivity index (χ4v) is 5.95. The number of anilines is 1. The van der Waals surface area contributed by atoms with Crippen LogP contribution in [-0.4, -0.2) is 63.6 Å². The fourth-order valence-electron chi connectivity index (χ4n) is 4.89. The highest BCUT2D eigenvalue weighted by Gasteiger charge is 2.42. The Labute approximate surface area is 235 Å². The van der Waals surface area contributed by atoms with Gasteiger partial charge in [-0.15, -0.1) is 11.3 Å². The van der Waals surface area contributed by atoms with E-state index in [-0.39, 0.29) is 5.78 Å². The summed E-state index contributed by atoms with van der Waals surface area (Å²) < 4.78 is 11.8. The van der Waals surface area contributed by atoms with E-state index < -0.39 is 24.0 Å². The molecule has 4 aromatic rings. The third kappa shape index (κ3) is 5.67. The Morgan fingerprint density at radius 3 is 2.48 bits per heavy atom. The number of aromatic nitrogens is 3. The number of aryl methyl sites for hydroxylation is 1. The van der Waals surface area contributed by atoms with E-state index in [1.807, 2.05) is 43.3 Å². The van der Waals surface area contributed by atoms with Crippen LogP contribution >= 0.6 is 11.3 Å². The highest BCUT2D eigenvalue weighted by molar-refractivity contribution is 7.21. The van der Waals surface area contributed by atoms with Crippen molar-refractivity contribution in [2.24, 2.45) is 16.8 Å². The SMILES string of the molecule is COc1cc(CNc2nc(C)c(-c3nc4ccccc4s3)c(N=CC3CC(C(C)=O)C(O)C3O)n2)cc(OC)c1. The van der Waals surface area contributed by atoms with Crippen LogP contribution in [0.2, 0.25) is 0 Å². The van der Waals surface area contributed by atoms with Crippen LogP contribution in [0.5, 0.6) is 11.5 Å². The van der Waals surface area contributed by atoms with Crippen LogP contribution in [0.25, 0.3) is 20.8 Å². The summed E-state index contributed by atoms with van der Waals surface area (Å²) in [6.07, 6.45) is -0.328. The second-order valence-electron chi connectivity index (χ2n) is 9.77. The monoisotopic (exact) mass is 561 g/mol. The number of para-hydroxylation sites is 1. The summed E-state index contributed by atoms with van der Waals surface area (Å²) in [7, 11) is 3.20. The van der Waals surface area contributed by atoms with E-state index in [0.29, 0.717) is 47.5 Å². The van der Waals surface area contributed by atoms with Gasteiger partial charge in [0.05, 0.1) is 47.9 Å². The highest BCUT2D eigenvalue weighted by atomic mass is 32.1. The summed E-state index contributed by atoms with van der Waals surface area (Å²) in [6.45, 7) is 3.71. The van der Waals surface area contributed by atoms with Crippen LogP contribution in [0.15, 0.2) is 47.5 Å². The Morgan fingerprint density at radius 2 is 1.82 bits per heavy atom. The molecule has 1 aliphatic rings. The lowest BCUT2D eigenvalue weighted by Gasteiger charge is -2.14. The van der Waals surface area contributed by atoms with E-state index >= 15 is 0 Å². The van der Waals surface area contributed by atoms with Gasteiger partial charge in [-0.05, 0) is 50.1 Å². The molecule has 3 N–H and O–H groups in total. The van der Waals surface area contributed by atoms with Gasteiger partial charge in [0.1, 0.15) is 22.3 Å². The Hall–Kier alpha value is -3.93. The number of carbonyl (C=O) groups excluding carboxylic acids is 1. The van der Waals surface area contributed by atoms with Crippen LogP contribution in [0.4, 0.5) is 11.8 Å². The molecule has 40 heavy (non-hydrogen) atoms. The number of aliphatic hydroxyl groups excluding tert-OH is 2. The largest absolute Gasteiger partial charge is 0.497 e. The van der Waals surface area contributed by atoms with Crippen molar-refractivity contribution in [1.29, 1.82) is 0 Å². The lowest BCUT2D eigenvalue weighted by Crippen LogP contribution is -2.31. The maximum atomic E-state index is 11.9. The molecule has 2 aromatic carbocycles. The summed E-state index contributed by atoms with van der Waals surface area (Å²) in [5.41, 5.74) is 3.14. The number of ether oxygens (including phenoxy) is 2. The first-order valence-corrected chi connectivity index (χ1v) is 13.7. The van der Waals surface area contributed by atoms with E-state index in [1.165, 1.54) is 18.3 Å². The zero-order chi connectivity index (χ0) is 28.4. The second kappa shape index (κ2) is 11.7. The van der Waals surface area contributed by atoms with Crippen molar-refractivity contribution in [2.75, 3.05) is 19.5 Å². The zero-order valence-corrected chi connectivity index (χ0v) is 23.5. The Bertz CT molecular complexity index is 1520. The average molecular weight is 562 g/mol. The molecule has 5 rings (SSSR count). The number of methoxy groups -OCH3 is 2. The summed E-state index contributed by atoms with van der Waals surface area (Å²) >= 11 is 1.52.